The predicted molar refractivity (Wildman–Crippen MR) is 59.1 cm³/mol. The first-order chi connectivity index (χ1) is 6.70. The van der Waals surface area contributed by atoms with Crippen molar-refractivity contribution in [2.24, 2.45) is 11.7 Å². The molecule has 1 unspecified atom stereocenters. The average Bonchev–Trinajstić information content (AvgIpc) is 2.12. The minimum Gasteiger partial charge on any atom is -0.396 e. The highest BCUT2D eigenvalue weighted by atomic mass is 16.3. The third kappa shape index (κ3) is 3.56. The number of hydrogen-bond donors (Lipinski definition) is 3. The van der Waals surface area contributed by atoms with Gasteiger partial charge in [0.25, 0.3) is 0 Å². The lowest BCUT2D eigenvalue weighted by Crippen LogP contribution is -2.50. The summed E-state index contributed by atoms with van der Waals surface area (Å²) in [5, 5.41) is 12.2. The van der Waals surface area contributed by atoms with E-state index < -0.39 is 0 Å². The molecular weight excluding hydrogens is 176 g/mol. The van der Waals surface area contributed by atoms with Crippen molar-refractivity contribution in [3.05, 3.63) is 0 Å². The van der Waals surface area contributed by atoms with Crippen LogP contribution in [0.2, 0.25) is 0 Å². The minimum absolute atomic E-state index is 0.0836. The second-order valence-electron chi connectivity index (χ2n) is 4.77. The molecule has 14 heavy (non-hydrogen) atoms. The van der Waals surface area contributed by atoms with E-state index >= 15 is 0 Å². The Hall–Kier alpha value is -0.120. The largest absolute Gasteiger partial charge is 0.396 e. The molecule has 0 heterocycles. The van der Waals surface area contributed by atoms with Crippen LogP contribution in [0.15, 0.2) is 0 Å². The van der Waals surface area contributed by atoms with E-state index in [4.69, 9.17) is 10.8 Å². The molecular formula is C11H24N2O. The van der Waals surface area contributed by atoms with Crippen molar-refractivity contribution < 1.29 is 5.11 Å². The molecule has 0 radical (unpaired) electrons. The molecule has 1 rings (SSSR count). The molecule has 0 amide bonds. The van der Waals surface area contributed by atoms with Crippen molar-refractivity contribution in [2.45, 2.75) is 44.6 Å². The fraction of sp³-hybridized carbons (Fsp3) is 1.00. The van der Waals surface area contributed by atoms with Gasteiger partial charge in [0.1, 0.15) is 0 Å². The van der Waals surface area contributed by atoms with Crippen molar-refractivity contribution in [1.29, 1.82) is 0 Å². The smallest absolute Gasteiger partial charge is 0.0443 e. The Balaban J connectivity index is 2.23. The highest BCUT2D eigenvalue weighted by Crippen LogP contribution is 2.33. The van der Waals surface area contributed by atoms with Gasteiger partial charge in [-0.1, -0.05) is 19.3 Å². The summed E-state index contributed by atoms with van der Waals surface area (Å²) >= 11 is 0. The SMILES string of the molecule is CC(CN)(CC1CCC1)NCCCO. The molecule has 4 N–H and O–H groups in total. The molecule has 1 aliphatic carbocycles. The van der Waals surface area contributed by atoms with Gasteiger partial charge in [0.2, 0.25) is 0 Å². The van der Waals surface area contributed by atoms with Crippen LogP contribution in [0, 0.1) is 5.92 Å². The molecule has 1 fully saturated rings. The van der Waals surface area contributed by atoms with Crippen LogP contribution in [0.4, 0.5) is 0 Å². The van der Waals surface area contributed by atoms with E-state index in [0.717, 1.165) is 18.9 Å². The number of rotatable bonds is 7. The summed E-state index contributed by atoms with van der Waals surface area (Å²) in [6.45, 7) is 4.02. The lowest BCUT2D eigenvalue weighted by molar-refractivity contribution is 0.201. The fourth-order valence-corrected chi connectivity index (χ4v) is 2.03. The topological polar surface area (TPSA) is 58.3 Å². The summed E-state index contributed by atoms with van der Waals surface area (Å²) in [4.78, 5) is 0. The lowest BCUT2D eigenvalue weighted by atomic mass is 9.76. The Bertz CT molecular complexity index is 159. The highest BCUT2D eigenvalue weighted by molar-refractivity contribution is 4.88. The predicted octanol–water partition coefficient (Wildman–Crippen LogP) is 0.866. The van der Waals surface area contributed by atoms with Gasteiger partial charge in [-0.3, -0.25) is 0 Å². The summed E-state index contributed by atoms with van der Waals surface area (Å²) in [6.07, 6.45) is 6.14. The maximum atomic E-state index is 8.70. The van der Waals surface area contributed by atoms with Crippen LogP contribution in [-0.4, -0.2) is 30.3 Å². The van der Waals surface area contributed by atoms with Crippen molar-refractivity contribution in [3.63, 3.8) is 0 Å². The molecule has 0 aromatic carbocycles. The third-order valence-electron chi connectivity index (χ3n) is 3.30. The van der Waals surface area contributed by atoms with Crippen LogP contribution in [0.25, 0.3) is 0 Å². The Morgan fingerprint density at radius 2 is 2.21 bits per heavy atom. The zero-order chi connectivity index (χ0) is 10.4. The van der Waals surface area contributed by atoms with Gasteiger partial charge in [-0.2, -0.15) is 0 Å². The molecule has 0 aliphatic heterocycles. The molecule has 1 atom stereocenters. The van der Waals surface area contributed by atoms with E-state index in [2.05, 4.69) is 12.2 Å². The van der Waals surface area contributed by atoms with E-state index in [1.54, 1.807) is 0 Å². The number of nitrogens with two attached hydrogens (primary N) is 1. The average molecular weight is 200 g/mol. The Kier molecular flexibility index (Phi) is 4.85. The number of hydrogen-bond acceptors (Lipinski definition) is 3. The van der Waals surface area contributed by atoms with Crippen LogP contribution in [-0.2, 0) is 0 Å². The minimum atomic E-state index is 0.0836. The van der Waals surface area contributed by atoms with Crippen molar-refractivity contribution in [2.75, 3.05) is 19.7 Å². The monoisotopic (exact) mass is 200 g/mol. The van der Waals surface area contributed by atoms with E-state index in [9.17, 15) is 0 Å². The Morgan fingerprint density at radius 1 is 1.50 bits per heavy atom. The zero-order valence-corrected chi connectivity index (χ0v) is 9.26. The standard InChI is InChI=1S/C11H24N2O/c1-11(9-12,13-6-3-7-14)8-10-4-2-5-10/h10,13-14H,2-9,12H2,1H3. The first-order valence-corrected chi connectivity index (χ1v) is 5.76. The summed E-state index contributed by atoms with van der Waals surface area (Å²) in [6, 6.07) is 0. The lowest BCUT2D eigenvalue weighted by Gasteiger charge is -2.37. The second kappa shape index (κ2) is 5.69. The molecule has 1 aliphatic rings. The fourth-order valence-electron chi connectivity index (χ4n) is 2.03. The molecule has 3 heteroatoms. The molecule has 3 nitrogen and oxygen atoms in total. The van der Waals surface area contributed by atoms with Crippen molar-refractivity contribution in [3.8, 4) is 0 Å². The van der Waals surface area contributed by atoms with Gasteiger partial charge in [0.15, 0.2) is 0 Å². The van der Waals surface area contributed by atoms with Gasteiger partial charge in [-0.05, 0) is 32.2 Å². The zero-order valence-electron chi connectivity index (χ0n) is 9.26. The van der Waals surface area contributed by atoms with Crippen LogP contribution in [0.3, 0.4) is 0 Å². The van der Waals surface area contributed by atoms with Gasteiger partial charge >= 0.3 is 0 Å². The van der Waals surface area contributed by atoms with Gasteiger partial charge in [-0.25, -0.2) is 0 Å². The van der Waals surface area contributed by atoms with Gasteiger partial charge in [0, 0.05) is 18.7 Å². The van der Waals surface area contributed by atoms with Crippen molar-refractivity contribution >= 4 is 0 Å². The van der Waals surface area contributed by atoms with E-state index in [1.165, 1.54) is 25.7 Å². The molecule has 0 aromatic heterocycles. The molecule has 0 saturated heterocycles. The molecule has 0 aromatic rings. The molecule has 0 spiro atoms. The van der Waals surface area contributed by atoms with E-state index in [1.807, 2.05) is 0 Å². The third-order valence-corrected chi connectivity index (χ3v) is 3.30. The van der Waals surface area contributed by atoms with Crippen LogP contribution in [0.1, 0.15) is 39.0 Å². The number of nitrogens with one attached hydrogen (secondary N) is 1. The van der Waals surface area contributed by atoms with Gasteiger partial charge in [0.05, 0.1) is 0 Å². The Labute approximate surface area is 87.1 Å². The first-order valence-electron chi connectivity index (χ1n) is 5.76. The first kappa shape index (κ1) is 12.0. The van der Waals surface area contributed by atoms with Gasteiger partial charge < -0.3 is 16.2 Å². The van der Waals surface area contributed by atoms with Crippen LogP contribution < -0.4 is 11.1 Å². The number of aliphatic hydroxyl groups is 1. The summed E-state index contributed by atoms with van der Waals surface area (Å²) < 4.78 is 0. The Morgan fingerprint density at radius 3 is 2.64 bits per heavy atom. The number of aliphatic hydroxyl groups excluding tert-OH is 1. The summed E-state index contributed by atoms with van der Waals surface area (Å²) in [7, 11) is 0. The maximum absolute atomic E-state index is 8.70. The molecule has 1 saturated carbocycles. The maximum Gasteiger partial charge on any atom is 0.0443 e. The van der Waals surface area contributed by atoms with Crippen molar-refractivity contribution in [1.82, 2.24) is 5.32 Å². The van der Waals surface area contributed by atoms with Gasteiger partial charge in [-0.15, -0.1) is 0 Å². The summed E-state index contributed by atoms with van der Waals surface area (Å²) in [5.41, 5.74) is 5.87. The molecule has 0 bridgehead atoms. The van der Waals surface area contributed by atoms with Crippen LogP contribution >= 0.6 is 0 Å². The quantitative estimate of drug-likeness (QED) is 0.534. The van der Waals surface area contributed by atoms with Crippen LogP contribution in [0.5, 0.6) is 0 Å². The molecule has 84 valence electrons. The normalized spacial score (nSPS) is 21.6. The highest BCUT2D eigenvalue weighted by Gasteiger charge is 2.29. The van der Waals surface area contributed by atoms with E-state index in [0.29, 0.717) is 6.54 Å². The van der Waals surface area contributed by atoms with E-state index in [-0.39, 0.29) is 12.1 Å². The second-order valence-corrected chi connectivity index (χ2v) is 4.77. The summed E-state index contributed by atoms with van der Waals surface area (Å²) in [5.74, 6) is 0.880.